The summed E-state index contributed by atoms with van der Waals surface area (Å²) in [5.74, 6) is 0.144. The number of benzene rings is 1. The molecule has 24 heavy (non-hydrogen) atoms. The number of rotatable bonds is 2. The van der Waals surface area contributed by atoms with Gasteiger partial charge in [-0.15, -0.1) is 0 Å². The number of amidine groups is 1. The zero-order chi connectivity index (χ0) is 16.1. The molecule has 1 aliphatic carbocycles. The van der Waals surface area contributed by atoms with E-state index in [9.17, 15) is 0 Å². The number of allylic oxidation sites excluding steroid dienone is 4. The van der Waals surface area contributed by atoms with Crippen molar-refractivity contribution in [1.82, 2.24) is 0 Å². The summed E-state index contributed by atoms with van der Waals surface area (Å²) in [6.45, 7) is 15.4. The first-order chi connectivity index (χ1) is 9.63. The SMILES string of the molecule is CC1=C(C)C(C)(c2ccc(C(=N)N)c(C)c2C)C(C)=C1C.[Br-].[Br-].[Hf]. The summed E-state index contributed by atoms with van der Waals surface area (Å²) in [5, 5.41) is 7.70. The number of halogens is 2. The van der Waals surface area contributed by atoms with Crippen molar-refractivity contribution >= 4 is 5.84 Å². The monoisotopic (exact) mass is 620 g/mol. The molecule has 0 heterocycles. The van der Waals surface area contributed by atoms with E-state index in [1.54, 1.807) is 0 Å². The summed E-state index contributed by atoms with van der Waals surface area (Å²) in [4.78, 5) is 0. The third-order valence-electron chi connectivity index (χ3n) is 5.80. The Balaban J connectivity index is 0. The second-order valence-electron chi connectivity index (χ2n) is 6.45. The molecule has 5 heteroatoms. The molecule has 0 atom stereocenters. The Labute approximate surface area is 186 Å². The summed E-state index contributed by atoms with van der Waals surface area (Å²) in [7, 11) is 0. The summed E-state index contributed by atoms with van der Waals surface area (Å²) < 4.78 is 0. The quantitative estimate of drug-likeness (QED) is 0.237. The standard InChI is InChI=1S/C19H26N2.2BrH.Hf/c1-10-11(2)15(6)19(7,14(10)5)17-9-8-16(18(20)21)12(3)13(17)4;;;/h8-9H,1-7H3,(H3,20,21);2*1H;/p-2. The third-order valence-corrected chi connectivity index (χ3v) is 5.80. The predicted octanol–water partition coefficient (Wildman–Crippen LogP) is -1.46. The van der Waals surface area contributed by atoms with Crippen molar-refractivity contribution in [1.29, 1.82) is 5.41 Å². The molecule has 0 aromatic heterocycles. The van der Waals surface area contributed by atoms with Crippen LogP contribution in [0.25, 0.3) is 0 Å². The number of nitrogens with two attached hydrogens (primary N) is 1. The van der Waals surface area contributed by atoms with Gasteiger partial charge in [0.1, 0.15) is 5.84 Å². The minimum absolute atomic E-state index is 0. The van der Waals surface area contributed by atoms with Crippen molar-refractivity contribution in [3.05, 3.63) is 56.7 Å². The van der Waals surface area contributed by atoms with Crippen molar-refractivity contribution in [3.63, 3.8) is 0 Å². The van der Waals surface area contributed by atoms with Gasteiger partial charge in [-0.3, -0.25) is 5.41 Å². The van der Waals surface area contributed by atoms with Gasteiger partial charge in [0.05, 0.1) is 0 Å². The van der Waals surface area contributed by atoms with E-state index in [1.807, 2.05) is 6.07 Å². The van der Waals surface area contributed by atoms with Crippen LogP contribution in [0.4, 0.5) is 0 Å². The Morgan fingerprint density at radius 1 is 0.875 bits per heavy atom. The molecule has 3 N–H and O–H groups in total. The van der Waals surface area contributed by atoms with E-state index in [4.69, 9.17) is 11.1 Å². The van der Waals surface area contributed by atoms with E-state index >= 15 is 0 Å². The van der Waals surface area contributed by atoms with Crippen LogP contribution in [0.15, 0.2) is 34.4 Å². The molecule has 0 saturated heterocycles. The fourth-order valence-corrected chi connectivity index (χ4v) is 3.65. The molecule has 0 bridgehead atoms. The average Bonchev–Trinajstić information content (AvgIpc) is 2.58. The molecule has 1 aromatic rings. The number of hydrogen-bond donors (Lipinski definition) is 2. The van der Waals surface area contributed by atoms with Gasteiger partial charge in [0.15, 0.2) is 0 Å². The Morgan fingerprint density at radius 2 is 1.29 bits per heavy atom. The smallest absolute Gasteiger partial charge is 0.123 e. The maximum atomic E-state index is 7.70. The van der Waals surface area contributed by atoms with Crippen molar-refractivity contribution < 1.29 is 59.8 Å². The first kappa shape index (κ1) is 26.2. The van der Waals surface area contributed by atoms with E-state index in [0.717, 1.165) is 11.1 Å². The second-order valence-corrected chi connectivity index (χ2v) is 6.45. The van der Waals surface area contributed by atoms with Gasteiger partial charge in [0.25, 0.3) is 0 Å². The van der Waals surface area contributed by atoms with Crippen LogP contribution >= 0.6 is 0 Å². The predicted molar refractivity (Wildman–Crippen MR) is 91.0 cm³/mol. The number of nitrogen functional groups attached to an aromatic ring is 1. The first-order valence-electron chi connectivity index (χ1n) is 7.45. The number of hydrogen-bond acceptors (Lipinski definition) is 1. The van der Waals surface area contributed by atoms with Crippen LogP contribution in [0.2, 0.25) is 0 Å². The molecule has 0 saturated carbocycles. The van der Waals surface area contributed by atoms with Crippen LogP contribution in [0.3, 0.4) is 0 Å². The Hall–Kier alpha value is 0.000130. The Kier molecular flexibility index (Phi) is 9.93. The molecule has 132 valence electrons. The molecule has 0 amide bonds. The van der Waals surface area contributed by atoms with E-state index in [-0.39, 0.29) is 71.1 Å². The largest absolute Gasteiger partial charge is 1.00 e. The van der Waals surface area contributed by atoms with Gasteiger partial charge in [-0.2, -0.15) is 0 Å². The zero-order valence-corrected chi connectivity index (χ0v) is 22.3. The summed E-state index contributed by atoms with van der Waals surface area (Å²) in [6.07, 6.45) is 0. The molecule has 0 radical (unpaired) electrons. The van der Waals surface area contributed by atoms with Crippen LogP contribution < -0.4 is 39.7 Å². The molecule has 2 nitrogen and oxygen atoms in total. The minimum Gasteiger partial charge on any atom is -1.00 e. The average molecular weight is 621 g/mol. The van der Waals surface area contributed by atoms with Crippen molar-refractivity contribution in [3.8, 4) is 0 Å². The molecule has 0 unspecified atom stereocenters. The fourth-order valence-electron chi connectivity index (χ4n) is 3.65. The van der Waals surface area contributed by atoms with Gasteiger partial charge >= 0.3 is 0 Å². The second kappa shape index (κ2) is 9.09. The molecular weight excluding hydrogens is 595 g/mol. The first-order valence-corrected chi connectivity index (χ1v) is 7.45. The van der Waals surface area contributed by atoms with Gasteiger partial charge in [0.2, 0.25) is 0 Å². The van der Waals surface area contributed by atoms with Crippen LogP contribution in [0, 0.1) is 19.3 Å². The fraction of sp³-hybridized carbons (Fsp3) is 0.421. The van der Waals surface area contributed by atoms with E-state index in [0.29, 0.717) is 0 Å². The normalized spacial score (nSPS) is 15.5. The maximum Gasteiger partial charge on any atom is 0.123 e. The van der Waals surface area contributed by atoms with Crippen molar-refractivity contribution in [2.24, 2.45) is 5.73 Å². The van der Waals surface area contributed by atoms with Crippen LogP contribution in [-0.2, 0) is 31.3 Å². The third kappa shape index (κ3) is 3.73. The summed E-state index contributed by atoms with van der Waals surface area (Å²) in [5.41, 5.74) is 15.8. The Bertz CT molecular complexity index is 694. The molecule has 0 aliphatic heterocycles. The molecule has 2 rings (SSSR count). The summed E-state index contributed by atoms with van der Waals surface area (Å²) in [6, 6.07) is 4.15. The number of nitrogens with one attached hydrogen (secondary N) is 1. The van der Waals surface area contributed by atoms with Gasteiger partial charge in [0, 0.05) is 36.8 Å². The molecule has 1 aromatic carbocycles. The van der Waals surface area contributed by atoms with E-state index < -0.39 is 0 Å². The van der Waals surface area contributed by atoms with Crippen molar-refractivity contribution in [2.45, 2.75) is 53.9 Å². The molecule has 0 fully saturated rings. The Morgan fingerprint density at radius 3 is 1.67 bits per heavy atom. The van der Waals surface area contributed by atoms with Crippen LogP contribution in [0.5, 0.6) is 0 Å². The molecule has 1 aliphatic rings. The zero-order valence-electron chi connectivity index (χ0n) is 15.5. The van der Waals surface area contributed by atoms with Crippen LogP contribution in [0.1, 0.15) is 56.9 Å². The summed E-state index contributed by atoms with van der Waals surface area (Å²) >= 11 is 0. The van der Waals surface area contributed by atoms with E-state index in [2.05, 4.69) is 54.5 Å². The van der Waals surface area contributed by atoms with E-state index in [1.165, 1.54) is 33.4 Å². The van der Waals surface area contributed by atoms with Gasteiger partial charge in [-0.1, -0.05) is 23.3 Å². The topological polar surface area (TPSA) is 49.9 Å². The van der Waals surface area contributed by atoms with Gasteiger partial charge in [-0.25, -0.2) is 0 Å². The molecule has 0 spiro atoms. The van der Waals surface area contributed by atoms with Gasteiger partial charge in [-0.05, 0) is 76.3 Å². The minimum atomic E-state index is -0.0433. The van der Waals surface area contributed by atoms with Crippen molar-refractivity contribution in [2.75, 3.05) is 0 Å². The maximum absolute atomic E-state index is 7.70. The molecular formula is C19H26Br2HfN2-2. The van der Waals surface area contributed by atoms with Gasteiger partial charge < -0.3 is 39.7 Å². The van der Waals surface area contributed by atoms with Crippen LogP contribution in [-0.4, -0.2) is 5.84 Å².